The smallest absolute Gasteiger partial charge is 0.167 e. The van der Waals surface area contributed by atoms with Crippen molar-refractivity contribution in [2.75, 3.05) is 29.2 Å². The molecule has 0 aromatic heterocycles. The number of nitrogens with one attached hydrogen (secondary N) is 1. The van der Waals surface area contributed by atoms with Crippen LogP contribution in [-0.4, -0.2) is 32.6 Å². The number of benzene rings is 1. The number of sulfone groups is 1. The van der Waals surface area contributed by atoms with Crippen LogP contribution in [0.5, 0.6) is 5.75 Å². The summed E-state index contributed by atoms with van der Waals surface area (Å²) in [5, 5.41) is 3.18. The first-order chi connectivity index (χ1) is 9.41. The lowest BCUT2D eigenvalue weighted by atomic mass is 10.1. The van der Waals surface area contributed by atoms with Gasteiger partial charge in [0.15, 0.2) is 11.6 Å². The molecule has 112 valence electrons. The predicted molar refractivity (Wildman–Crippen MR) is 77.3 cm³/mol. The molecule has 1 aliphatic heterocycles. The molecule has 1 aliphatic rings. The maximum Gasteiger partial charge on any atom is 0.167 e. The van der Waals surface area contributed by atoms with E-state index >= 15 is 0 Å². The van der Waals surface area contributed by atoms with E-state index in [1.807, 2.05) is 0 Å². The summed E-state index contributed by atoms with van der Waals surface area (Å²) in [5.74, 6) is -0.0116. The van der Waals surface area contributed by atoms with E-state index in [-0.39, 0.29) is 23.3 Å². The van der Waals surface area contributed by atoms with Crippen LogP contribution >= 0.6 is 0 Å². The molecule has 1 saturated heterocycles. The number of nitrogens with two attached hydrogens (primary N) is 1. The second-order valence-electron chi connectivity index (χ2n) is 4.87. The summed E-state index contributed by atoms with van der Waals surface area (Å²) in [6.45, 7) is 2.14. The van der Waals surface area contributed by atoms with Crippen molar-refractivity contribution in [2.24, 2.45) is 0 Å². The highest BCUT2D eigenvalue weighted by atomic mass is 32.2. The first-order valence-electron chi connectivity index (χ1n) is 6.60. The zero-order valence-electron chi connectivity index (χ0n) is 11.4. The molecular weight excluding hydrogens is 283 g/mol. The summed E-state index contributed by atoms with van der Waals surface area (Å²) in [6, 6.07) is 2.77. The third-order valence-corrected chi connectivity index (χ3v) is 5.03. The molecule has 0 atom stereocenters. The number of anilines is 2. The van der Waals surface area contributed by atoms with Gasteiger partial charge in [-0.25, -0.2) is 12.8 Å². The predicted octanol–water partition coefficient (Wildman–Crippen LogP) is 1.80. The molecule has 0 aliphatic carbocycles. The Morgan fingerprint density at radius 2 is 2.05 bits per heavy atom. The van der Waals surface area contributed by atoms with Crippen LogP contribution in [0.3, 0.4) is 0 Å². The van der Waals surface area contributed by atoms with Gasteiger partial charge in [0.1, 0.15) is 9.84 Å². The zero-order chi connectivity index (χ0) is 14.8. The first kappa shape index (κ1) is 14.9. The molecule has 20 heavy (non-hydrogen) atoms. The zero-order valence-corrected chi connectivity index (χ0v) is 12.2. The molecule has 0 saturated carbocycles. The van der Waals surface area contributed by atoms with E-state index < -0.39 is 15.7 Å². The van der Waals surface area contributed by atoms with Gasteiger partial charge in [-0.05, 0) is 19.8 Å². The number of ether oxygens (including phenoxy) is 1. The van der Waals surface area contributed by atoms with Gasteiger partial charge in [0.25, 0.3) is 0 Å². The Hall–Kier alpha value is -1.50. The van der Waals surface area contributed by atoms with Crippen molar-refractivity contribution in [3.63, 3.8) is 0 Å². The SMILES string of the molecule is CCOc1cc(NC2CCS(=O)(=O)CC2)c(N)cc1F. The number of hydrogen-bond donors (Lipinski definition) is 2. The summed E-state index contributed by atoms with van der Waals surface area (Å²) in [4.78, 5) is 0. The van der Waals surface area contributed by atoms with Gasteiger partial charge in [-0.1, -0.05) is 0 Å². The van der Waals surface area contributed by atoms with E-state index in [0.717, 1.165) is 0 Å². The molecule has 0 radical (unpaired) electrons. The highest BCUT2D eigenvalue weighted by Gasteiger charge is 2.24. The van der Waals surface area contributed by atoms with Crippen LogP contribution in [0.25, 0.3) is 0 Å². The summed E-state index contributed by atoms with van der Waals surface area (Å²) < 4.78 is 41.5. The van der Waals surface area contributed by atoms with Crippen LogP contribution in [-0.2, 0) is 9.84 Å². The molecular formula is C13H19FN2O3S. The van der Waals surface area contributed by atoms with Gasteiger partial charge < -0.3 is 15.8 Å². The Morgan fingerprint density at radius 1 is 1.40 bits per heavy atom. The third kappa shape index (κ3) is 3.53. The van der Waals surface area contributed by atoms with Crippen LogP contribution in [0, 0.1) is 5.82 Å². The fourth-order valence-corrected chi connectivity index (χ4v) is 3.71. The van der Waals surface area contributed by atoms with Crippen molar-refractivity contribution in [3.05, 3.63) is 17.9 Å². The van der Waals surface area contributed by atoms with Crippen molar-refractivity contribution in [3.8, 4) is 5.75 Å². The fraction of sp³-hybridized carbons (Fsp3) is 0.538. The quantitative estimate of drug-likeness (QED) is 0.829. The molecule has 3 N–H and O–H groups in total. The Balaban J connectivity index is 2.11. The molecule has 2 rings (SSSR count). The Labute approximate surface area is 118 Å². The largest absolute Gasteiger partial charge is 0.491 e. The molecule has 1 heterocycles. The van der Waals surface area contributed by atoms with Crippen LogP contribution < -0.4 is 15.8 Å². The van der Waals surface area contributed by atoms with E-state index in [0.29, 0.717) is 30.8 Å². The lowest BCUT2D eigenvalue weighted by Gasteiger charge is -2.25. The minimum Gasteiger partial charge on any atom is -0.491 e. The van der Waals surface area contributed by atoms with Gasteiger partial charge in [-0.15, -0.1) is 0 Å². The minimum atomic E-state index is -2.90. The fourth-order valence-electron chi connectivity index (χ4n) is 2.21. The van der Waals surface area contributed by atoms with E-state index in [2.05, 4.69) is 5.32 Å². The van der Waals surface area contributed by atoms with Crippen molar-refractivity contribution in [1.29, 1.82) is 0 Å². The Kier molecular flexibility index (Phi) is 4.37. The Bertz CT molecular complexity index is 576. The van der Waals surface area contributed by atoms with Gasteiger partial charge in [-0.2, -0.15) is 0 Å². The number of nitrogen functional groups attached to an aromatic ring is 1. The van der Waals surface area contributed by atoms with Crippen molar-refractivity contribution in [1.82, 2.24) is 0 Å². The second-order valence-corrected chi connectivity index (χ2v) is 7.18. The first-order valence-corrected chi connectivity index (χ1v) is 8.42. The number of rotatable bonds is 4. The number of hydrogen-bond acceptors (Lipinski definition) is 5. The van der Waals surface area contributed by atoms with Gasteiger partial charge in [0.05, 0.1) is 29.5 Å². The standard InChI is InChI=1S/C13H19FN2O3S/c1-2-19-13-8-12(11(15)7-10(13)14)16-9-3-5-20(17,18)6-4-9/h7-9,16H,2-6,15H2,1H3. The monoisotopic (exact) mass is 302 g/mol. The lowest BCUT2D eigenvalue weighted by Crippen LogP contribution is -2.32. The van der Waals surface area contributed by atoms with Gasteiger partial charge in [0, 0.05) is 18.2 Å². The normalized spacial score (nSPS) is 18.7. The number of halogens is 1. The average Bonchev–Trinajstić information content (AvgIpc) is 2.37. The highest BCUT2D eigenvalue weighted by molar-refractivity contribution is 7.91. The molecule has 1 aromatic carbocycles. The van der Waals surface area contributed by atoms with Crippen LogP contribution in [0.4, 0.5) is 15.8 Å². The Morgan fingerprint density at radius 3 is 2.65 bits per heavy atom. The maximum absolute atomic E-state index is 13.6. The topological polar surface area (TPSA) is 81.4 Å². The van der Waals surface area contributed by atoms with E-state index in [1.165, 1.54) is 12.1 Å². The van der Waals surface area contributed by atoms with E-state index in [9.17, 15) is 12.8 Å². The highest BCUT2D eigenvalue weighted by Crippen LogP contribution is 2.30. The van der Waals surface area contributed by atoms with Crippen LogP contribution in [0.1, 0.15) is 19.8 Å². The lowest BCUT2D eigenvalue weighted by molar-refractivity contribution is 0.322. The summed E-state index contributed by atoms with van der Waals surface area (Å²) in [6.07, 6.45) is 1.06. The van der Waals surface area contributed by atoms with Gasteiger partial charge in [0.2, 0.25) is 0 Å². The maximum atomic E-state index is 13.6. The molecule has 0 amide bonds. The van der Waals surface area contributed by atoms with Crippen molar-refractivity contribution >= 4 is 21.2 Å². The molecule has 0 bridgehead atoms. The summed E-state index contributed by atoms with van der Waals surface area (Å²) >= 11 is 0. The van der Waals surface area contributed by atoms with Gasteiger partial charge in [-0.3, -0.25) is 0 Å². The van der Waals surface area contributed by atoms with E-state index in [1.54, 1.807) is 6.92 Å². The van der Waals surface area contributed by atoms with Crippen molar-refractivity contribution in [2.45, 2.75) is 25.8 Å². The third-order valence-electron chi connectivity index (χ3n) is 3.32. The molecule has 0 spiro atoms. The molecule has 1 fully saturated rings. The van der Waals surface area contributed by atoms with Gasteiger partial charge >= 0.3 is 0 Å². The minimum absolute atomic E-state index is 0.0285. The van der Waals surface area contributed by atoms with Crippen molar-refractivity contribution < 1.29 is 17.5 Å². The summed E-state index contributed by atoms with van der Waals surface area (Å²) in [5.41, 5.74) is 6.65. The molecule has 7 heteroatoms. The molecule has 0 unspecified atom stereocenters. The molecule has 1 aromatic rings. The van der Waals surface area contributed by atoms with Crippen LogP contribution in [0.15, 0.2) is 12.1 Å². The second kappa shape index (κ2) is 5.87. The van der Waals surface area contributed by atoms with E-state index in [4.69, 9.17) is 10.5 Å². The molecule has 5 nitrogen and oxygen atoms in total. The average molecular weight is 302 g/mol. The van der Waals surface area contributed by atoms with Crippen LogP contribution in [0.2, 0.25) is 0 Å². The summed E-state index contributed by atoms with van der Waals surface area (Å²) in [7, 11) is -2.90.